The molecule has 2 aliphatic rings. The number of aliphatic hydroxyl groups excluding tert-OH is 4. The Balaban J connectivity index is 1.48. The first-order valence-corrected chi connectivity index (χ1v) is 22.4. The van der Waals surface area contributed by atoms with Crippen LogP contribution in [0.5, 0.6) is 0 Å². The first kappa shape index (κ1) is 51.1. The molecule has 360 valence electrons. The number of fused-ring (bicyclic) bond motifs is 1. The van der Waals surface area contributed by atoms with E-state index in [1.807, 2.05) is 52.0 Å². The summed E-state index contributed by atoms with van der Waals surface area (Å²) in [6.07, 6.45) is -6.49. The fraction of sp³-hybridized carbons (Fsp3) is 0.543. The molecule has 2 aliphatic heterocycles. The monoisotopic (exact) mass is 920 g/mol. The molecule has 2 fully saturated rings. The number of nitrogens with one attached hydrogen (secondary N) is 8. The predicted molar refractivity (Wildman–Crippen MR) is 239 cm³/mol. The van der Waals surface area contributed by atoms with E-state index in [0.717, 1.165) is 10.9 Å². The number of aliphatic hydroxyl groups is 4. The molecule has 20 heteroatoms. The lowest BCUT2D eigenvalue weighted by molar-refractivity contribution is -0.236. The molecule has 7 amide bonds. The molecule has 0 bridgehead atoms. The van der Waals surface area contributed by atoms with Crippen molar-refractivity contribution in [3.05, 3.63) is 71.9 Å². The molecule has 3 aromatic rings. The average Bonchev–Trinajstić information content (AvgIpc) is 3.69. The zero-order valence-corrected chi connectivity index (χ0v) is 37.6. The minimum Gasteiger partial charge on any atom is -0.394 e. The van der Waals surface area contributed by atoms with E-state index < -0.39 is 115 Å². The van der Waals surface area contributed by atoms with Crippen LogP contribution in [-0.2, 0) is 51.1 Å². The second kappa shape index (κ2) is 24.0. The van der Waals surface area contributed by atoms with Crippen molar-refractivity contribution in [1.29, 1.82) is 0 Å². The smallest absolute Gasteiger partial charge is 0.243 e. The van der Waals surface area contributed by atoms with Crippen molar-refractivity contribution in [2.45, 2.75) is 133 Å². The van der Waals surface area contributed by atoms with E-state index in [2.05, 4.69) is 42.2 Å². The highest BCUT2D eigenvalue weighted by atomic mass is 16.6. The van der Waals surface area contributed by atoms with Crippen molar-refractivity contribution >= 4 is 52.3 Å². The van der Waals surface area contributed by atoms with Gasteiger partial charge in [0, 0.05) is 36.4 Å². The maximum Gasteiger partial charge on any atom is 0.243 e. The average molecular weight is 921 g/mol. The third-order valence-corrected chi connectivity index (χ3v) is 11.5. The molecule has 20 nitrogen and oxygen atoms in total. The SMILES string of the molecule is CC(C)C[C@@H]1NC(=O)CNC(=O)[C@H](Cc2ccccc2)NC(=O)[C@H](Cc2c[nH]c3ccccc23)NC(=O)[C@H](CCCC(=O)N[C@@H]2O[C@H](CO)[C@@H](O)[C@H](O)[C@H]2O)NC(=O)[C@@H](CC(C)C)NC1=O. The molecule has 0 aliphatic carbocycles. The number of hydrogen-bond donors (Lipinski definition) is 12. The number of ether oxygens (including phenoxy) is 1. The molecule has 1 aromatic heterocycles. The van der Waals surface area contributed by atoms with Crippen molar-refractivity contribution < 1.29 is 58.7 Å². The van der Waals surface area contributed by atoms with E-state index >= 15 is 0 Å². The molecule has 0 saturated carbocycles. The first-order chi connectivity index (χ1) is 31.4. The second-order valence-electron chi connectivity index (χ2n) is 17.8. The number of para-hydroxylation sites is 1. The van der Waals surface area contributed by atoms with Crippen LogP contribution in [0.4, 0.5) is 0 Å². The van der Waals surface area contributed by atoms with Gasteiger partial charge in [-0.25, -0.2) is 0 Å². The lowest BCUT2D eigenvalue weighted by Gasteiger charge is -2.40. The van der Waals surface area contributed by atoms with Crippen molar-refractivity contribution in [3.63, 3.8) is 0 Å². The Morgan fingerprint density at radius 2 is 1.24 bits per heavy atom. The highest BCUT2D eigenvalue weighted by Gasteiger charge is 2.44. The summed E-state index contributed by atoms with van der Waals surface area (Å²) in [4.78, 5) is 101. The van der Waals surface area contributed by atoms with Crippen molar-refractivity contribution in [2.75, 3.05) is 13.2 Å². The third kappa shape index (κ3) is 14.3. The van der Waals surface area contributed by atoms with Gasteiger partial charge in [0.25, 0.3) is 0 Å². The number of carbonyl (C=O) groups excluding carboxylic acids is 7. The molecule has 12 N–H and O–H groups in total. The van der Waals surface area contributed by atoms with E-state index in [1.165, 1.54) is 0 Å². The molecular weight excluding hydrogens is 857 g/mol. The Kier molecular flexibility index (Phi) is 18.6. The van der Waals surface area contributed by atoms with Crippen LogP contribution in [0, 0.1) is 11.8 Å². The van der Waals surface area contributed by atoms with Crippen LogP contribution in [0.25, 0.3) is 10.9 Å². The summed E-state index contributed by atoms with van der Waals surface area (Å²) in [7, 11) is 0. The minimum atomic E-state index is -1.74. The number of hydrogen-bond acceptors (Lipinski definition) is 12. The summed E-state index contributed by atoms with van der Waals surface area (Å²) in [5, 5.41) is 59.9. The fourth-order valence-electron chi connectivity index (χ4n) is 8.01. The molecule has 2 saturated heterocycles. The quantitative estimate of drug-likeness (QED) is 0.0897. The summed E-state index contributed by atoms with van der Waals surface area (Å²) in [6.45, 7) is 6.12. The Bertz CT molecular complexity index is 2150. The third-order valence-electron chi connectivity index (χ3n) is 11.5. The number of benzene rings is 2. The van der Waals surface area contributed by atoms with E-state index in [0.29, 0.717) is 11.1 Å². The zero-order valence-electron chi connectivity index (χ0n) is 37.6. The van der Waals surface area contributed by atoms with Gasteiger partial charge in [-0.15, -0.1) is 0 Å². The highest BCUT2D eigenvalue weighted by Crippen LogP contribution is 2.22. The Labute approximate surface area is 382 Å². The second-order valence-corrected chi connectivity index (χ2v) is 17.8. The van der Waals surface area contributed by atoms with Gasteiger partial charge >= 0.3 is 0 Å². The van der Waals surface area contributed by atoms with E-state index in [-0.39, 0.29) is 56.8 Å². The largest absolute Gasteiger partial charge is 0.394 e. The van der Waals surface area contributed by atoms with Gasteiger partial charge in [0.15, 0.2) is 6.23 Å². The van der Waals surface area contributed by atoms with Crippen LogP contribution in [0.1, 0.15) is 70.9 Å². The van der Waals surface area contributed by atoms with Gasteiger partial charge in [-0.1, -0.05) is 76.2 Å². The molecule has 0 unspecified atom stereocenters. The van der Waals surface area contributed by atoms with Gasteiger partial charge < -0.3 is 67.4 Å². The van der Waals surface area contributed by atoms with E-state index in [1.54, 1.807) is 36.5 Å². The number of aromatic amines is 1. The fourth-order valence-corrected chi connectivity index (χ4v) is 8.01. The van der Waals surface area contributed by atoms with Crippen LogP contribution in [-0.4, -0.2) is 141 Å². The molecule has 5 rings (SSSR count). The lowest BCUT2D eigenvalue weighted by atomic mass is 9.98. The predicted octanol–water partition coefficient (Wildman–Crippen LogP) is -1.31. The van der Waals surface area contributed by atoms with Crippen LogP contribution < -0.4 is 37.2 Å². The molecule has 0 spiro atoms. The molecule has 3 heterocycles. The lowest BCUT2D eigenvalue weighted by Crippen LogP contribution is -2.63. The molecule has 0 radical (unpaired) electrons. The number of carbonyl (C=O) groups is 7. The summed E-state index contributed by atoms with van der Waals surface area (Å²) in [5.41, 5.74) is 2.10. The number of H-pyrrole nitrogens is 1. The standard InChI is InChI=1S/C46H64N8O12/c1-24(2)17-31-43(63)51-32(18-25(3)4)44(64)50-30(15-10-16-36(56)54-46-40(60)39(59)38(58)35(23-55)66-46)42(62)53-34(20-27-21-47-29-14-9-8-13-28(27)29)45(65)52-33(19-26-11-6-5-7-12-26)41(61)48-22-37(57)49-31/h5-9,11-14,21,24-25,30-35,38-40,46-47,55,58-60H,10,15-20,22-23H2,1-4H3,(H,48,61)(H,49,57)(H,50,64)(H,51,63)(H,52,65)(H,53,62)(H,54,56)/t30-,31-,32+,33-,34-,35+,38+,39-,40+,46+/m0/s1. The number of aromatic nitrogens is 1. The molecular formula is C46H64N8O12. The van der Waals surface area contributed by atoms with E-state index in [9.17, 15) is 54.0 Å². The summed E-state index contributed by atoms with van der Waals surface area (Å²) < 4.78 is 5.40. The van der Waals surface area contributed by atoms with Gasteiger partial charge in [0.2, 0.25) is 41.4 Å². The van der Waals surface area contributed by atoms with Crippen LogP contribution in [0.2, 0.25) is 0 Å². The van der Waals surface area contributed by atoms with Crippen LogP contribution in [0.3, 0.4) is 0 Å². The molecule has 66 heavy (non-hydrogen) atoms. The van der Waals surface area contributed by atoms with Gasteiger partial charge in [0.05, 0.1) is 13.2 Å². The summed E-state index contributed by atoms with van der Waals surface area (Å²) in [6, 6.07) is 9.89. The summed E-state index contributed by atoms with van der Waals surface area (Å²) >= 11 is 0. The molecule has 10 atom stereocenters. The Morgan fingerprint density at radius 1 is 0.682 bits per heavy atom. The maximum atomic E-state index is 14.6. The molecule has 2 aromatic carbocycles. The Hall–Kier alpha value is -5.93. The maximum absolute atomic E-state index is 14.6. The van der Waals surface area contributed by atoms with Crippen molar-refractivity contribution in [1.82, 2.24) is 42.2 Å². The van der Waals surface area contributed by atoms with Gasteiger partial charge in [-0.2, -0.15) is 0 Å². The zero-order chi connectivity index (χ0) is 48.1. The first-order valence-electron chi connectivity index (χ1n) is 22.4. The van der Waals surface area contributed by atoms with Gasteiger partial charge in [-0.05, 0) is 54.7 Å². The van der Waals surface area contributed by atoms with Crippen LogP contribution in [0.15, 0.2) is 60.8 Å². The Morgan fingerprint density at radius 3 is 1.89 bits per heavy atom. The van der Waals surface area contributed by atoms with Crippen molar-refractivity contribution in [2.24, 2.45) is 11.8 Å². The summed E-state index contributed by atoms with van der Waals surface area (Å²) in [5.74, 6) is -5.28. The number of rotatable bonds is 14. The normalized spacial score (nSPS) is 27.5. The van der Waals surface area contributed by atoms with Gasteiger partial charge in [-0.3, -0.25) is 33.6 Å². The van der Waals surface area contributed by atoms with Gasteiger partial charge in [0.1, 0.15) is 54.6 Å². The minimum absolute atomic E-state index is 0.00722. The van der Waals surface area contributed by atoms with Crippen molar-refractivity contribution in [3.8, 4) is 0 Å². The van der Waals surface area contributed by atoms with E-state index in [4.69, 9.17) is 4.74 Å². The van der Waals surface area contributed by atoms with Crippen LogP contribution >= 0.6 is 0 Å². The topological polar surface area (TPSA) is 310 Å². The highest BCUT2D eigenvalue weighted by molar-refractivity contribution is 5.98. The number of amides is 7.